The summed E-state index contributed by atoms with van der Waals surface area (Å²) in [6.45, 7) is 9.10. The lowest BCUT2D eigenvalue weighted by Crippen LogP contribution is -2.71. The monoisotopic (exact) mass is 672 g/mol. The lowest BCUT2D eigenvalue weighted by molar-refractivity contribution is -0.151. The quantitative estimate of drug-likeness (QED) is 0.113. The molecule has 4 N–H and O–H groups in total. The standard InChI is InChI=1S/C35H52N4O7S/c1-6-7-8-9-10-11-12-13-14-18-21-25(36-34(45)46-35(3,4)5)29(40)37-26(24-19-16-15-17-20-24)30(41)38-27-31(42)39-28(33(43)44)23(2)22-47-32(27)39/h15-17,19-20,25-27,32H,6-14,18,21-22H2,1-5H3,(H,36,45)(H,37,40)(H,38,41)(H,43,44)/t25?,26-,27-,32-/m1/s1. The molecule has 1 unspecified atom stereocenters. The molecule has 1 aromatic rings. The molecule has 260 valence electrons. The van der Waals surface area contributed by atoms with E-state index in [1.807, 2.05) is 0 Å². The first kappa shape index (κ1) is 37.9. The van der Waals surface area contributed by atoms with Crippen LogP contribution in [-0.2, 0) is 23.9 Å². The van der Waals surface area contributed by atoms with Crippen LogP contribution in [0.1, 0.15) is 117 Å². The van der Waals surface area contributed by atoms with Gasteiger partial charge in [0.05, 0.1) is 0 Å². The van der Waals surface area contributed by atoms with Crippen LogP contribution in [0.25, 0.3) is 0 Å². The van der Waals surface area contributed by atoms with Crippen molar-refractivity contribution in [2.45, 2.75) is 134 Å². The van der Waals surface area contributed by atoms with Gasteiger partial charge in [-0.15, -0.1) is 11.8 Å². The zero-order valence-corrected chi connectivity index (χ0v) is 29.3. The molecule has 2 heterocycles. The molecule has 0 bridgehead atoms. The highest BCUT2D eigenvalue weighted by Crippen LogP contribution is 2.40. The molecular weight excluding hydrogens is 620 g/mol. The number of nitrogens with one attached hydrogen (secondary N) is 3. The fourth-order valence-corrected chi connectivity index (χ4v) is 7.05. The van der Waals surface area contributed by atoms with Gasteiger partial charge in [-0.3, -0.25) is 19.3 Å². The Kier molecular flexibility index (Phi) is 14.6. The van der Waals surface area contributed by atoms with E-state index in [4.69, 9.17) is 4.74 Å². The minimum Gasteiger partial charge on any atom is -0.477 e. The highest BCUT2D eigenvalue weighted by molar-refractivity contribution is 8.00. The van der Waals surface area contributed by atoms with Crippen LogP contribution in [0, 0.1) is 0 Å². The second-order valence-electron chi connectivity index (χ2n) is 13.4. The van der Waals surface area contributed by atoms with Crippen molar-refractivity contribution >= 4 is 41.5 Å². The summed E-state index contributed by atoms with van der Waals surface area (Å²) < 4.78 is 5.43. The number of hydrogen-bond donors (Lipinski definition) is 4. The molecule has 2 aliphatic heterocycles. The van der Waals surface area contributed by atoms with Crippen LogP contribution in [0.5, 0.6) is 0 Å². The third-order valence-electron chi connectivity index (χ3n) is 8.19. The van der Waals surface area contributed by atoms with Crippen LogP contribution < -0.4 is 16.0 Å². The second-order valence-corrected chi connectivity index (χ2v) is 14.5. The van der Waals surface area contributed by atoms with E-state index in [-0.39, 0.29) is 5.70 Å². The SMILES string of the molecule is CCCCCCCCCCCCC(NC(=O)OC(C)(C)C)C(=O)N[C@@H](C(=O)N[C@@H]1C(=O)N2C(C(=O)O)=C(C)CS[C@H]12)c1ccccc1. The van der Waals surface area contributed by atoms with Crippen molar-refractivity contribution in [1.82, 2.24) is 20.9 Å². The van der Waals surface area contributed by atoms with E-state index < -0.39 is 58.9 Å². The number of rotatable bonds is 18. The number of carboxylic acids is 1. The first-order valence-electron chi connectivity index (χ1n) is 16.9. The number of thioether (sulfide) groups is 1. The number of fused-ring (bicyclic) bond motifs is 1. The molecule has 0 spiro atoms. The Bertz CT molecular complexity index is 1280. The van der Waals surface area contributed by atoms with Crippen LogP contribution in [0.2, 0.25) is 0 Å². The number of unbranched alkanes of at least 4 members (excludes halogenated alkanes) is 9. The first-order valence-corrected chi connectivity index (χ1v) is 17.9. The van der Waals surface area contributed by atoms with Crippen molar-refractivity contribution in [2.75, 3.05) is 5.75 Å². The number of carbonyl (C=O) groups excluding carboxylic acids is 4. The second kappa shape index (κ2) is 18.1. The number of alkyl carbamates (subject to hydrolysis) is 1. The molecule has 1 saturated heterocycles. The maximum Gasteiger partial charge on any atom is 0.408 e. The number of β-lactam (4-membered cyclic amide) rings is 1. The third kappa shape index (κ3) is 11.3. The average Bonchev–Trinajstić information content (AvgIpc) is 3.01. The summed E-state index contributed by atoms with van der Waals surface area (Å²) in [6, 6.07) is 5.60. The number of aliphatic carboxylic acids is 1. The molecule has 3 rings (SSSR count). The number of hydrogen-bond acceptors (Lipinski definition) is 7. The number of benzene rings is 1. The molecule has 4 amide bonds. The van der Waals surface area contributed by atoms with Crippen molar-refractivity contribution in [1.29, 1.82) is 0 Å². The topological polar surface area (TPSA) is 154 Å². The largest absolute Gasteiger partial charge is 0.477 e. The summed E-state index contributed by atoms with van der Waals surface area (Å²) in [6.07, 6.45) is 10.9. The van der Waals surface area contributed by atoms with Gasteiger partial charge in [-0.25, -0.2) is 9.59 Å². The van der Waals surface area contributed by atoms with Crippen LogP contribution in [-0.4, -0.2) is 68.6 Å². The molecule has 12 heteroatoms. The fourth-order valence-electron chi connectivity index (χ4n) is 5.76. The van der Waals surface area contributed by atoms with Crippen molar-refractivity contribution in [2.24, 2.45) is 0 Å². The zero-order chi connectivity index (χ0) is 34.6. The van der Waals surface area contributed by atoms with Gasteiger partial charge in [0.25, 0.3) is 5.91 Å². The van der Waals surface area contributed by atoms with E-state index in [1.54, 1.807) is 58.0 Å². The molecule has 0 saturated carbocycles. The lowest BCUT2D eigenvalue weighted by Gasteiger charge is -2.49. The Morgan fingerprint density at radius 1 is 0.936 bits per heavy atom. The van der Waals surface area contributed by atoms with Crippen molar-refractivity contribution < 1.29 is 33.8 Å². The van der Waals surface area contributed by atoms with E-state index in [2.05, 4.69) is 22.9 Å². The molecule has 0 radical (unpaired) electrons. The highest BCUT2D eigenvalue weighted by atomic mass is 32.2. The predicted molar refractivity (Wildman–Crippen MR) is 182 cm³/mol. The van der Waals surface area contributed by atoms with E-state index in [9.17, 15) is 29.1 Å². The van der Waals surface area contributed by atoms with Gasteiger partial charge in [-0.1, -0.05) is 101 Å². The fraction of sp³-hybridized carbons (Fsp3) is 0.629. The van der Waals surface area contributed by atoms with Gasteiger partial charge in [0, 0.05) is 5.75 Å². The van der Waals surface area contributed by atoms with Crippen molar-refractivity contribution in [3.63, 3.8) is 0 Å². The molecule has 0 aliphatic carbocycles. The van der Waals surface area contributed by atoms with Gasteiger partial charge in [-0.2, -0.15) is 0 Å². The van der Waals surface area contributed by atoms with Gasteiger partial charge < -0.3 is 25.8 Å². The van der Waals surface area contributed by atoms with Crippen LogP contribution in [0.4, 0.5) is 4.79 Å². The van der Waals surface area contributed by atoms with Crippen molar-refractivity contribution in [3.05, 3.63) is 47.2 Å². The van der Waals surface area contributed by atoms with Gasteiger partial charge >= 0.3 is 12.1 Å². The summed E-state index contributed by atoms with van der Waals surface area (Å²) in [5, 5.41) is 17.3. The van der Waals surface area contributed by atoms with Gasteiger partial charge in [-0.05, 0) is 45.3 Å². The van der Waals surface area contributed by atoms with Crippen LogP contribution >= 0.6 is 11.8 Å². The molecule has 0 aromatic heterocycles. The normalized spacial score (nSPS) is 18.8. The summed E-state index contributed by atoms with van der Waals surface area (Å²) in [5.74, 6) is -2.45. The summed E-state index contributed by atoms with van der Waals surface area (Å²) in [5.41, 5.74) is 0.260. The molecular formula is C35H52N4O7S. The Morgan fingerprint density at radius 2 is 1.53 bits per heavy atom. The smallest absolute Gasteiger partial charge is 0.408 e. The van der Waals surface area contributed by atoms with Gasteiger partial charge in [0.2, 0.25) is 11.8 Å². The number of nitrogens with zero attached hydrogens (tertiary/aromatic N) is 1. The number of carboxylic acid groups (broad SMARTS) is 1. The number of amides is 4. The van der Waals surface area contributed by atoms with E-state index in [1.165, 1.54) is 55.2 Å². The Hall–Kier alpha value is -3.54. The van der Waals surface area contributed by atoms with Gasteiger partial charge in [0.15, 0.2) is 0 Å². The number of ether oxygens (including phenoxy) is 1. The Balaban J connectivity index is 1.67. The van der Waals surface area contributed by atoms with Crippen LogP contribution in [0.3, 0.4) is 0 Å². The minimum atomic E-state index is -1.19. The van der Waals surface area contributed by atoms with Crippen molar-refractivity contribution in [3.8, 4) is 0 Å². The zero-order valence-electron chi connectivity index (χ0n) is 28.4. The summed E-state index contributed by atoms with van der Waals surface area (Å²) in [4.78, 5) is 66.2. The molecule has 1 fully saturated rings. The molecule has 1 aromatic carbocycles. The highest BCUT2D eigenvalue weighted by Gasteiger charge is 2.54. The van der Waals surface area contributed by atoms with E-state index in [0.717, 1.165) is 19.3 Å². The van der Waals surface area contributed by atoms with E-state index in [0.29, 0.717) is 29.7 Å². The summed E-state index contributed by atoms with van der Waals surface area (Å²) in [7, 11) is 0. The minimum absolute atomic E-state index is 0.0554. The van der Waals surface area contributed by atoms with E-state index >= 15 is 0 Å². The maximum absolute atomic E-state index is 13.7. The predicted octanol–water partition coefficient (Wildman–Crippen LogP) is 5.81. The number of carbonyl (C=O) groups is 5. The van der Waals surface area contributed by atoms with Crippen LogP contribution in [0.15, 0.2) is 41.6 Å². The third-order valence-corrected chi connectivity index (χ3v) is 9.62. The van der Waals surface area contributed by atoms with Gasteiger partial charge in [0.1, 0.15) is 34.8 Å². The Morgan fingerprint density at radius 3 is 2.11 bits per heavy atom. The Labute approximate surface area is 283 Å². The summed E-state index contributed by atoms with van der Waals surface area (Å²) >= 11 is 1.37. The molecule has 4 atom stereocenters. The average molecular weight is 673 g/mol. The molecule has 11 nitrogen and oxygen atoms in total. The lowest BCUT2D eigenvalue weighted by atomic mass is 10.00. The first-order chi connectivity index (χ1) is 22.3. The molecule has 2 aliphatic rings. The maximum atomic E-state index is 13.7. The molecule has 47 heavy (non-hydrogen) atoms.